The number of carbonyl (C=O) groups is 2. The molecule has 1 amide bonds. The van der Waals surface area contributed by atoms with Gasteiger partial charge in [0.1, 0.15) is 16.5 Å². The van der Waals surface area contributed by atoms with Gasteiger partial charge in [0.15, 0.2) is 11.5 Å². The molecule has 0 aromatic heterocycles. The number of ketones is 1. The average Bonchev–Trinajstić information content (AvgIpc) is 3.13. The van der Waals surface area contributed by atoms with Crippen LogP contribution >= 0.6 is 34.8 Å². The number of methoxy groups -OCH3 is 2. The van der Waals surface area contributed by atoms with Crippen molar-refractivity contribution in [1.82, 2.24) is 4.90 Å². The maximum Gasteiger partial charge on any atom is 0.295 e. The number of nitrogens with zero attached hydrogens (tertiary/aromatic N) is 1. The van der Waals surface area contributed by atoms with E-state index in [0.717, 1.165) is 5.56 Å². The minimum Gasteiger partial charge on any atom is -0.508 e. The fraction of sp³-hybridized carbons (Fsp3) is 0.185. The number of hydrogen-bond acceptors (Lipinski definition) is 6. The number of ether oxygens (including phenoxy) is 2. The van der Waals surface area contributed by atoms with Gasteiger partial charge in [-0.05, 0) is 47.9 Å². The van der Waals surface area contributed by atoms with Crippen LogP contribution in [0.2, 0.25) is 15.1 Å². The molecule has 0 saturated carbocycles. The smallest absolute Gasteiger partial charge is 0.295 e. The molecule has 1 unspecified atom stereocenters. The molecule has 4 rings (SSSR count). The number of likely N-dealkylation sites (tertiary alicyclic amines) is 1. The maximum absolute atomic E-state index is 13.3. The van der Waals surface area contributed by atoms with E-state index in [1.54, 1.807) is 24.3 Å². The van der Waals surface area contributed by atoms with E-state index in [1.165, 1.54) is 37.3 Å². The number of hydrogen-bond donors (Lipinski definition) is 2. The number of rotatable bonds is 7. The molecule has 3 aromatic rings. The van der Waals surface area contributed by atoms with E-state index >= 15 is 0 Å². The van der Waals surface area contributed by atoms with Crippen LogP contribution < -0.4 is 9.47 Å². The Bertz CT molecular complexity index is 1390. The molecule has 1 saturated heterocycles. The second kappa shape index (κ2) is 10.9. The number of phenols is 1. The minimum absolute atomic E-state index is 0.00259. The largest absolute Gasteiger partial charge is 0.508 e. The summed E-state index contributed by atoms with van der Waals surface area (Å²) in [6.07, 6.45) is 0.433. The van der Waals surface area contributed by atoms with Crippen LogP contribution in [0.25, 0.3) is 5.76 Å². The zero-order valence-electron chi connectivity index (χ0n) is 19.8. The van der Waals surface area contributed by atoms with Crippen molar-refractivity contribution in [2.45, 2.75) is 12.5 Å². The van der Waals surface area contributed by atoms with Crippen molar-refractivity contribution in [3.8, 4) is 17.2 Å². The molecular formula is C27H22Cl3NO6. The van der Waals surface area contributed by atoms with Crippen molar-refractivity contribution >= 4 is 52.3 Å². The monoisotopic (exact) mass is 561 g/mol. The Morgan fingerprint density at radius 3 is 2.16 bits per heavy atom. The minimum atomic E-state index is -0.947. The zero-order chi connectivity index (χ0) is 26.9. The van der Waals surface area contributed by atoms with Gasteiger partial charge in [0.05, 0.1) is 36.4 Å². The van der Waals surface area contributed by atoms with E-state index in [9.17, 15) is 19.8 Å². The summed E-state index contributed by atoms with van der Waals surface area (Å²) >= 11 is 18.7. The molecule has 0 aliphatic carbocycles. The average molecular weight is 563 g/mol. The highest BCUT2D eigenvalue weighted by molar-refractivity contribution is 6.47. The molecule has 192 valence electrons. The quantitative estimate of drug-likeness (QED) is 0.207. The summed E-state index contributed by atoms with van der Waals surface area (Å²) in [6, 6.07) is 13.6. The van der Waals surface area contributed by atoms with Gasteiger partial charge in [0.25, 0.3) is 11.7 Å². The molecule has 1 aliphatic heterocycles. The second-order valence-electron chi connectivity index (χ2n) is 8.25. The summed E-state index contributed by atoms with van der Waals surface area (Å²) in [5.41, 5.74) is 1.28. The Morgan fingerprint density at radius 2 is 1.57 bits per heavy atom. The molecule has 0 bridgehead atoms. The summed E-state index contributed by atoms with van der Waals surface area (Å²) in [5.74, 6) is -1.99. The van der Waals surface area contributed by atoms with Crippen molar-refractivity contribution < 1.29 is 29.3 Å². The molecule has 7 nitrogen and oxygen atoms in total. The lowest BCUT2D eigenvalue weighted by molar-refractivity contribution is -0.139. The third kappa shape index (κ3) is 5.07. The number of aliphatic hydroxyl groups is 1. The van der Waals surface area contributed by atoms with Crippen LogP contribution in [0.5, 0.6) is 17.2 Å². The van der Waals surface area contributed by atoms with Gasteiger partial charge < -0.3 is 24.6 Å². The van der Waals surface area contributed by atoms with Gasteiger partial charge in [-0.25, -0.2) is 0 Å². The molecule has 10 heteroatoms. The number of aliphatic hydroxyl groups excluding tert-OH is 1. The van der Waals surface area contributed by atoms with Crippen LogP contribution in [0.3, 0.4) is 0 Å². The first kappa shape index (κ1) is 26.7. The number of amides is 1. The second-order valence-corrected chi connectivity index (χ2v) is 9.47. The summed E-state index contributed by atoms with van der Waals surface area (Å²) in [5, 5.41) is 21.9. The van der Waals surface area contributed by atoms with E-state index in [2.05, 4.69) is 0 Å². The van der Waals surface area contributed by atoms with E-state index in [-0.39, 0.29) is 45.0 Å². The lowest BCUT2D eigenvalue weighted by Gasteiger charge is -2.25. The van der Waals surface area contributed by atoms with Crippen LogP contribution in [0.4, 0.5) is 0 Å². The Labute approximate surface area is 228 Å². The van der Waals surface area contributed by atoms with Gasteiger partial charge in [-0.3, -0.25) is 9.59 Å². The van der Waals surface area contributed by atoms with Crippen LogP contribution in [0.15, 0.2) is 60.2 Å². The summed E-state index contributed by atoms with van der Waals surface area (Å²) in [6.45, 7) is 0.176. The fourth-order valence-corrected chi connectivity index (χ4v) is 5.12. The first-order chi connectivity index (χ1) is 17.7. The summed E-state index contributed by atoms with van der Waals surface area (Å²) < 4.78 is 10.6. The van der Waals surface area contributed by atoms with E-state index in [1.807, 2.05) is 12.1 Å². The molecule has 0 spiro atoms. The van der Waals surface area contributed by atoms with Gasteiger partial charge in [-0.2, -0.15) is 0 Å². The molecular weight excluding hydrogens is 541 g/mol. The van der Waals surface area contributed by atoms with Gasteiger partial charge in [0.2, 0.25) is 0 Å². The molecule has 1 heterocycles. The standard InChI is InChI=1S/C27H22Cl3NO6/c1-36-25-18(13-19(29)26(37-2)21(25)30)23(33)20-22(15-5-9-17(32)10-6-15)31(27(35)24(20)34)12-11-14-3-7-16(28)8-4-14/h3-10,13,22,32-33H,11-12H2,1-2H3/b23-20+. The molecule has 37 heavy (non-hydrogen) atoms. The highest BCUT2D eigenvalue weighted by Crippen LogP contribution is 2.47. The maximum atomic E-state index is 13.3. The molecule has 1 aliphatic rings. The number of halogens is 3. The van der Waals surface area contributed by atoms with Crippen LogP contribution in [0, 0.1) is 0 Å². The summed E-state index contributed by atoms with van der Waals surface area (Å²) in [4.78, 5) is 27.9. The SMILES string of the molecule is COc1c(Cl)cc(/C(O)=C2\C(=O)C(=O)N(CCc3ccc(Cl)cc3)C2c2ccc(O)cc2)c(OC)c1Cl. The number of carbonyl (C=O) groups excluding carboxylic acids is 2. The first-order valence-electron chi connectivity index (χ1n) is 11.1. The first-order valence-corrected chi connectivity index (χ1v) is 12.2. The third-order valence-corrected chi connectivity index (χ3v) is 6.97. The Kier molecular flexibility index (Phi) is 7.87. The van der Waals surface area contributed by atoms with E-state index < -0.39 is 23.5 Å². The van der Waals surface area contributed by atoms with Crippen molar-refractivity contribution in [1.29, 1.82) is 0 Å². The predicted octanol–water partition coefficient (Wildman–Crippen LogP) is 6.03. The molecule has 1 fully saturated rings. The van der Waals surface area contributed by atoms with Crippen molar-refractivity contribution in [2.75, 3.05) is 20.8 Å². The highest BCUT2D eigenvalue weighted by Gasteiger charge is 2.46. The van der Waals surface area contributed by atoms with Gasteiger partial charge in [-0.1, -0.05) is 59.1 Å². The van der Waals surface area contributed by atoms with Gasteiger partial charge in [0, 0.05) is 11.6 Å². The molecule has 0 radical (unpaired) electrons. The predicted molar refractivity (Wildman–Crippen MR) is 142 cm³/mol. The van der Waals surface area contributed by atoms with Gasteiger partial charge in [-0.15, -0.1) is 0 Å². The van der Waals surface area contributed by atoms with E-state index in [0.29, 0.717) is 17.0 Å². The van der Waals surface area contributed by atoms with Crippen molar-refractivity contribution in [3.05, 3.63) is 91.9 Å². The molecule has 1 atom stereocenters. The fourth-order valence-electron chi connectivity index (χ4n) is 4.31. The number of Topliss-reactive ketones (excluding diaryl/α,β-unsaturated/α-hetero) is 1. The third-order valence-electron chi connectivity index (χ3n) is 6.10. The number of aromatic hydroxyl groups is 1. The van der Waals surface area contributed by atoms with Crippen LogP contribution in [-0.4, -0.2) is 47.6 Å². The van der Waals surface area contributed by atoms with Crippen molar-refractivity contribution in [2.24, 2.45) is 0 Å². The van der Waals surface area contributed by atoms with Crippen LogP contribution in [0.1, 0.15) is 22.7 Å². The zero-order valence-corrected chi connectivity index (χ0v) is 22.1. The molecule has 2 N–H and O–H groups in total. The van der Waals surface area contributed by atoms with E-state index in [4.69, 9.17) is 44.3 Å². The summed E-state index contributed by atoms with van der Waals surface area (Å²) in [7, 11) is 2.72. The lowest BCUT2D eigenvalue weighted by Crippen LogP contribution is -2.31. The Balaban J connectivity index is 1.86. The normalized spacial score (nSPS) is 16.8. The lowest BCUT2D eigenvalue weighted by atomic mass is 9.94. The topological polar surface area (TPSA) is 96.3 Å². The van der Waals surface area contributed by atoms with Crippen molar-refractivity contribution in [3.63, 3.8) is 0 Å². The number of benzene rings is 3. The van der Waals surface area contributed by atoms with Gasteiger partial charge >= 0.3 is 0 Å². The Morgan fingerprint density at radius 1 is 0.946 bits per heavy atom. The molecule has 3 aromatic carbocycles. The number of phenolic OH excluding ortho intramolecular Hbond substituents is 1. The highest BCUT2D eigenvalue weighted by atomic mass is 35.5. The Hall–Kier alpha value is -3.39. The van der Waals surface area contributed by atoms with Crippen LogP contribution in [-0.2, 0) is 16.0 Å².